The zero-order valence-corrected chi connectivity index (χ0v) is 12.1. The van der Waals surface area contributed by atoms with Crippen molar-refractivity contribution >= 4 is 29.1 Å². The molecule has 2 bridgehead atoms. The number of hydrogen-bond acceptors (Lipinski definition) is 3. The standard InChI is InChI=1S/C15H9ClF3NO3/c16-8-2-1-6(5-7(8)15(17,18)19)20-13(21)11-9-3-4-10(23-9)12(11)14(20)22/h1-5,9-12H/t9-,10-,11-,12+/m1/s1. The van der Waals surface area contributed by atoms with Gasteiger partial charge in [-0.05, 0) is 18.2 Å². The van der Waals surface area contributed by atoms with Gasteiger partial charge in [-0.15, -0.1) is 0 Å². The number of ether oxygens (including phenoxy) is 1. The number of alkyl halides is 3. The largest absolute Gasteiger partial charge is 0.417 e. The molecule has 0 unspecified atom stereocenters. The monoisotopic (exact) mass is 343 g/mol. The summed E-state index contributed by atoms with van der Waals surface area (Å²) in [6, 6.07) is 3.01. The lowest BCUT2D eigenvalue weighted by atomic mass is 9.85. The molecular formula is C15H9ClF3NO3. The normalized spacial score (nSPS) is 32.1. The van der Waals surface area contributed by atoms with E-state index in [2.05, 4.69) is 0 Å². The van der Waals surface area contributed by atoms with Crippen molar-refractivity contribution in [1.29, 1.82) is 0 Å². The molecule has 3 aliphatic heterocycles. The summed E-state index contributed by atoms with van der Waals surface area (Å²) >= 11 is 5.57. The fourth-order valence-corrected chi connectivity index (χ4v) is 3.65. The molecule has 3 aliphatic rings. The van der Waals surface area contributed by atoms with Crippen molar-refractivity contribution in [3.8, 4) is 0 Å². The molecule has 0 radical (unpaired) electrons. The van der Waals surface area contributed by atoms with E-state index in [1.165, 1.54) is 6.07 Å². The third-order valence-electron chi connectivity index (χ3n) is 4.42. The van der Waals surface area contributed by atoms with Crippen LogP contribution in [0.1, 0.15) is 5.56 Å². The number of carbonyl (C=O) groups excluding carboxylic acids is 2. The van der Waals surface area contributed by atoms with Crippen molar-refractivity contribution in [2.24, 2.45) is 11.8 Å². The molecule has 1 aromatic rings. The maximum absolute atomic E-state index is 13.0. The van der Waals surface area contributed by atoms with E-state index in [0.29, 0.717) is 0 Å². The highest BCUT2D eigenvalue weighted by molar-refractivity contribution is 6.31. The first kappa shape index (κ1) is 14.7. The van der Waals surface area contributed by atoms with Gasteiger partial charge in [-0.1, -0.05) is 23.8 Å². The van der Waals surface area contributed by atoms with E-state index >= 15 is 0 Å². The van der Waals surface area contributed by atoms with Crippen LogP contribution in [0, 0.1) is 11.8 Å². The molecule has 2 saturated heterocycles. The average molecular weight is 344 g/mol. The van der Waals surface area contributed by atoms with Gasteiger partial charge in [0, 0.05) is 0 Å². The van der Waals surface area contributed by atoms with Gasteiger partial charge in [0.15, 0.2) is 0 Å². The lowest BCUT2D eigenvalue weighted by Gasteiger charge is -2.19. The quantitative estimate of drug-likeness (QED) is 0.582. The molecule has 2 amide bonds. The molecule has 2 fully saturated rings. The molecule has 0 N–H and O–H groups in total. The Labute approximate surface area is 133 Å². The minimum absolute atomic E-state index is 0.120. The maximum Gasteiger partial charge on any atom is 0.417 e. The topological polar surface area (TPSA) is 46.6 Å². The fraction of sp³-hybridized carbons (Fsp3) is 0.333. The Morgan fingerprint density at radius 1 is 1.04 bits per heavy atom. The van der Waals surface area contributed by atoms with Gasteiger partial charge < -0.3 is 4.74 Å². The molecule has 4 nitrogen and oxygen atoms in total. The minimum Gasteiger partial charge on any atom is -0.365 e. The number of nitrogens with zero attached hydrogens (tertiary/aromatic N) is 1. The summed E-state index contributed by atoms with van der Waals surface area (Å²) in [5, 5.41) is -0.481. The van der Waals surface area contributed by atoms with Crippen LogP contribution in [0.4, 0.5) is 18.9 Å². The SMILES string of the molecule is O=C1[C@@H]2[C@H](C(=O)N1c1ccc(Cl)c(C(F)(F)F)c1)[C@H]1C=C[C@H]2O1. The molecule has 23 heavy (non-hydrogen) atoms. The summed E-state index contributed by atoms with van der Waals surface area (Å²) in [6.07, 6.45) is -2.22. The zero-order valence-electron chi connectivity index (χ0n) is 11.4. The highest BCUT2D eigenvalue weighted by Gasteiger charge is 2.61. The number of fused-ring (bicyclic) bond motifs is 5. The molecule has 8 heteroatoms. The average Bonchev–Trinajstić information content (AvgIpc) is 3.13. The number of amides is 2. The fourth-order valence-electron chi connectivity index (χ4n) is 3.43. The number of anilines is 1. The van der Waals surface area contributed by atoms with E-state index in [-0.39, 0.29) is 5.69 Å². The van der Waals surface area contributed by atoms with Crippen LogP contribution in [0.25, 0.3) is 0 Å². The number of imide groups is 1. The van der Waals surface area contributed by atoms with E-state index in [9.17, 15) is 22.8 Å². The Kier molecular flexibility index (Phi) is 2.93. The van der Waals surface area contributed by atoms with Crippen molar-refractivity contribution < 1.29 is 27.5 Å². The highest BCUT2D eigenvalue weighted by atomic mass is 35.5. The first-order chi connectivity index (χ1) is 10.8. The number of carbonyl (C=O) groups is 2. The van der Waals surface area contributed by atoms with E-state index < -0.39 is 52.6 Å². The van der Waals surface area contributed by atoms with Gasteiger partial charge in [-0.3, -0.25) is 9.59 Å². The molecule has 0 aliphatic carbocycles. The smallest absolute Gasteiger partial charge is 0.365 e. The second-order valence-electron chi connectivity index (χ2n) is 5.68. The summed E-state index contributed by atoms with van der Waals surface area (Å²) in [7, 11) is 0. The molecule has 120 valence electrons. The van der Waals surface area contributed by atoms with Crippen LogP contribution in [0.2, 0.25) is 5.02 Å². The number of benzene rings is 1. The second kappa shape index (κ2) is 4.58. The maximum atomic E-state index is 13.0. The van der Waals surface area contributed by atoms with Gasteiger partial charge in [-0.25, -0.2) is 4.90 Å². The lowest BCUT2D eigenvalue weighted by molar-refractivity contribution is -0.137. The van der Waals surface area contributed by atoms with Crippen LogP contribution in [0.5, 0.6) is 0 Å². The van der Waals surface area contributed by atoms with Crippen LogP contribution in [-0.4, -0.2) is 24.0 Å². The van der Waals surface area contributed by atoms with E-state index in [0.717, 1.165) is 17.0 Å². The Balaban J connectivity index is 1.75. The van der Waals surface area contributed by atoms with Crippen molar-refractivity contribution in [3.05, 3.63) is 40.9 Å². The van der Waals surface area contributed by atoms with Gasteiger partial charge >= 0.3 is 6.18 Å². The summed E-state index contributed by atoms with van der Waals surface area (Å²) in [4.78, 5) is 25.8. The van der Waals surface area contributed by atoms with Gasteiger partial charge in [0.1, 0.15) is 0 Å². The summed E-state index contributed by atoms with van der Waals surface area (Å²) in [6.45, 7) is 0. The van der Waals surface area contributed by atoms with Gasteiger partial charge in [0.25, 0.3) is 0 Å². The van der Waals surface area contributed by atoms with Crippen LogP contribution < -0.4 is 4.90 Å². The molecule has 3 heterocycles. The molecule has 4 atom stereocenters. The predicted octanol–water partition coefficient (Wildman–Crippen LogP) is 2.80. The van der Waals surface area contributed by atoms with Crippen LogP contribution in [-0.2, 0) is 20.5 Å². The number of halogens is 4. The molecule has 0 aromatic heterocycles. The van der Waals surface area contributed by atoms with Gasteiger partial charge in [0.05, 0.1) is 40.3 Å². The molecule has 0 saturated carbocycles. The van der Waals surface area contributed by atoms with Gasteiger partial charge in [-0.2, -0.15) is 13.2 Å². The van der Waals surface area contributed by atoms with Crippen LogP contribution >= 0.6 is 11.6 Å². The first-order valence-electron chi connectivity index (χ1n) is 6.87. The Bertz CT molecular complexity index is 731. The van der Waals surface area contributed by atoms with Crippen LogP contribution in [0.3, 0.4) is 0 Å². The molecular weight excluding hydrogens is 335 g/mol. The third-order valence-corrected chi connectivity index (χ3v) is 4.75. The van der Waals surface area contributed by atoms with Crippen molar-refractivity contribution in [3.63, 3.8) is 0 Å². The van der Waals surface area contributed by atoms with Crippen LogP contribution in [0.15, 0.2) is 30.4 Å². The van der Waals surface area contributed by atoms with Crippen molar-refractivity contribution in [2.75, 3.05) is 4.90 Å². The molecule has 1 aromatic carbocycles. The summed E-state index contributed by atoms with van der Waals surface area (Å²) in [5.74, 6) is -2.40. The van der Waals surface area contributed by atoms with Crippen molar-refractivity contribution in [2.45, 2.75) is 18.4 Å². The molecule has 4 rings (SSSR count). The highest BCUT2D eigenvalue weighted by Crippen LogP contribution is 2.47. The zero-order chi connectivity index (χ0) is 16.5. The summed E-state index contributed by atoms with van der Waals surface area (Å²) in [5.41, 5.74) is -1.20. The van der Waals surface area contributed by atoms with E-state index in [1.807, 2.05) is 0 Å². The first-order valence-corrected chi connectivity index (χ1v) is 7.25. The third kappa shape index (κ3) is 1.96. The van der Waals surface area contributed by atoms with Crippen molar-refractivity contribution in [1.82, 2.24) is 0 Å². The summed E-state index contributed by atoms with van der Waals surface area (Å²) < 4.78 is 44.4. The Morgan fingerprint density at radius 2 is 1.61 bits per heavy atom. The number of hydrogen-bond donors (Lipinski definition) is 0. The molecule has 0 spiro atoms. The van der Waals surface area contributed by atoms with Gasteiger partial charge in [0.2, 0.25) is 11.8 Å². The lowest BCUT2D eigenvalue weighted by Crippen LogP contribution is -2.34. The van der Waals surface area contributed by atoms with E-state index in [1.54, 1.807) is 12.2 Å². The predicted molar refractivity (Wildman–Crippen MR) is 73.7 cm³/mol. The Morgan fingerprint density at radius 3 is 2.13 bits per heavy atom. The minimum atomic E-state index is -4.67. The Hall–Kier alpha value is -1.86. The van der Waals surface area contributed by atoms with E-state index in [4.69, 9.17) is 16.3 Å². The second-order valence-corrected chi connectivity index (χ2v) is 6.08. The number of rotatable bonds is 1.